The van der Waals surface area contributed by atoms with E-state index in [-0.39, 0.29) is 17.1 Å². The second-order valence-electron chi connectivity index (χ2n) is 10.8. The molecule has 0 aliphatic carbocycles. The number of carbonyl (C=O) groups is 1. The maximum absolute atomic E-state index is 12.4. The molecule has 1 fully saturated rings. The van der Waals surface area contributed by atoms with Gasteiger partial charge in [0.1, 0.15) is 41.5 Å². The van der Waals surface area contributed by atoms with E-state index in [1.54, 1.807) is 21.8 Å². The highest BCUT2D eigenvalue weighted by Gasteiger charge is 2.28. The summed E-state index contributed by atoms with van der Waals surface area (Å²) in [5.41, 5.74) is 0.502. The molecule has 212 valence electrons. The standard InChI is InChI=1S/C26H36N6O6S/c1-26(2,3)38-25(33)31-11-9-18(10-12-31)37-24-20-16-29-32(23(20)27-17-28-24)21-8-7-19(39(6,34)35)15-22(21)36-14-13-30(4)5/h7-8,15-18H,9-14H2,1-6H3. The van der Waals surface area contributed by atoms with Crippen LogP contribution in [-0.4, -0.2) is 102 Å². The van der Waals surface area contributed by atoms with E-state index in [4.69, 9.17) is 14.2 Å². The molecule has 0 spiro atoms. The number of piperidine rings is 1. The summed E-state index contributed by atoms with van der Waals surface area (Å²) in [7, 11) is 0.423. The number of hydrogen-bond donors (Lipinski definition) is 0. The SMILES string of the molecule is CN(C)CCOc1cc(S(C)(=O)=O)ccc1-n1ncc2c(OC3CCN(C(=O)OC(C)(C)C)CC3)ncnc21. The lowest BCUT2D eigenvalue weighted by atomic mass is 10.1. The van der Waals surface area contributed by atoms with Crippen molar-refractivity contribution in [2.75, 3.05) is 46.6 Å². The van der Waals surface area contributed by atoms with Crippen LogP contribution in [0, 0.1) is 0 Å². The van der Waals surface area contributed by atoms with Crippen LogP contribution in [0.3, 0.4) is 0 Å². The summed E-state index contributed by atoms with van der Waals surface area (Å²) < 4.78 is 43.6. The molecule has 1 aliphatic rings. The van der Waals surface area contributed by atoms with Crippen LogP contribution < -0.4 is 9.47 Å². The van der Waals surface area contributed by atoms with E-state index in [1.165, 1.54) is 18.5 Å². The Kier molecular flexibility index (Phi) is 8.31. The van der Waals surface area contributed by atoms with Gasteiger partial charge in [0.2, 0.25) is 5.88 Å². The van der Waals surface area contributed by atoms with Crippen molar-refractivity contribution in [2.24, 2.45) is 0 Å². The Morgan fingerprint density at radius 1 is 1.15 bits per heavy atom. The molecule has 0 unspecified atom stereocenters. The molecule has 4 rings (SSSR count). The van der Waals surface area contributed by atoms with Gasteiger partial charge in [-0.3, -0.25) is 0 Å². The third-order valence-corrected chi connectivity index (χ3v) is 7.20. The molecule has 13 heteroatoms. The molecule has 2 aromatic heterocycles. The first-order valence-corrected chi connectivity index (χ1v) is 14.7. The number of nitrogens with zero attached hydrogens (tertiary/aromatic N) is 6. The Morgan fingerprint density at radius 3 is 2.51 bits per heavy atom. The molecule has 0 saturated carbocycles. The van der Waals surface area contributed by atoms with E-state index >= 15 is 0 Å². The number of sulfone groups is 1. The van der Waals surface area contributed by atoms with Gasteiger partial charge in [-0.05, 0) is 47.0 Å². The van der Waals surface area contributed by atoms with Crippen LogP contribution >= 0.6 is 0 Å². The van der Waals surface area contributed by atoms with Gasteiger partial charge in [-0.2, -0.15) is 5.10 Å². The van der Waals surface area contributed by atoms with Gasteiger partial charge in [-0.15, -0.1) is 0 Å². The summed E-state index contributed by atoms with van der Waals surface area (Å²) in [5, 5.41) is 5.12. The van der Waals surface area contributed by atoms with E-state index in [1.807, 2.05) is 39.8 Å². The second kappa shape index (κ2) is 11.3. The van der Waals surface area contributed by atoms with Crippen LogP contribution in [-0.2, 0) is 14.6 Å². The maximum Gasteiger partial charge on any atom is 0.410 e. The van der Waals surface area contributed by atoms with E-state index in [0.717, 1.165) is 6.26 Å². The molecule has 3 heterocycles. The van der Waals surface area contributed by atoms with Gasteiger partial charge >= 0.3 is 6.09 Å². The van der Waals surface area contributed by atoms with Gasteiger partial charge < -0.3 is 24.0 Å². The van der Waals surface area contributed by atoms with E-state index in [9.17, 15) is 13.2 Å². The Hall–Kier alpha value is -3.45. The number of rotatable bonds is 8. The Bertz CT molecular complexity index is 1420. The quantitative estimate of drug-likeness (QED) is 0.405. The first-order chi connectivity index (χ1) is 18.3. The molecule has 39 heavy (non-hydrogen) atoms. The number of fused-ring (bicyclic) bond motifs is 1. The molecule has 1 aromatic carbocycles. The van der Waals surface area contributed by atoms with E-state index in [2.05, 4.69) is 15.1 Å². The first kappa shape index (κ1) is 28.6. The molecule has 0 bridgehead atoms. The van der Waals surface area contributed by atoms with Crippen LogP contribution in [0.25, 0.3) is 16.7 Å². The molecule has 0 atom stereocenters. The van der Waals surface area contributed by atoms with Crippen LogP contribution in [0.2, 0.25) is 0 Å². The van der Waals surface area contributed by atoms with Crippen LogP contribution in [0.5, 0.6) is 11.6 Å². The summed E-state index contributed by atoms with van der Waals surface area (Å²) in [6.45, 7) is 7.59. The van der Waals surface area contributed by atoms with Gasteiger partial charge in [0, 0.05) is 44.8 Å². The van der Waals surface area contributed by atoms with Gasteiger partial charge in [0.05, 0.1) is 11.1 Å². The lowest BCUT2D eigenvalue weighted by molar-refractivity contribution is 0.0124. The average Bonchev–Trinajstić information content (AvgIpc) is 3.27. The fourth-order valence-corrected chi connectivity index (χ4v) is 4.72. The predicted molar refractivity (Wildman–Crippen MR) is 145 cm³/mol. The summed E-state index contributed by atoms with van der Waals surface area (Å²) in [5.74, 6) is 0.769. The number of aromatic nitrogens is 4. The highest BCUT2D eigenvalue weighted by molar-refractivity contribution is 7.90. The van der Waals surface area contributed by atoms with Crippen molar-refractivity contribution in [3.8, 4) is 17.3 Å². The number of amides is 1. The summed E-state index contributed by atoms with van der Waals surface area (Å²) in [4.78, 5) is 25.0. The van der Waals surface area contributed by atoms with Crippen molar-refractivity contribution in [1.82, 2.24) is 29.5 Å². The summed E-state index contributed by atoms with van der Waals surface area (Å²) >= 11 is 0. The summed E-state index contributed by atoms with van der Waals surface area (Å²) in [6, 6.07) is 4.68. The van der Waals surface area contributed by atoms with Crippen molar-refractivity contribution in [3.63, 3.8) is 0 Å². The molecule has 3 aromatic rings. The van der Waals surface area contributed by atoms with Gasteiger partial charge in [-0.25, -0.2) is 27.9 Å². The molecule has 1 aliphatic heterocycles. The number of hydrogen-bond acceptors (Lipinski definition) is 10. The van der Waals surface area contributed by atoms with Crippen LogP contribution in [0.1, 0.15) is 33.6 Å². The molecule has 1 saturated heterocycles. The highest BCUT2D eigenvalue weighted by atomic mass is 32.2. The fraction of sp³-hybridized carbons (Fsp3) is 0.538. The van der Waals surface area contributed by atoms with Crippen molar-refractivity contribution < 1.29 is 27.4 Å². The minimum absolute atomic E-state index is 0.135. The normalized spacial score (nSPS) is 15.1. The van der Waals surface area contributed by atoms with Gasteiger partial charge in [0.15, 0.2) is 15.5 Å². The third-order valence-electron chi connectivity index (χ3n) is 6.08. The second-order valence-corrected chi connectivity index (χ2v) is 12.8. The molecular weight excluding hydrogens is 524 g/mol. The zero-order valence-corrected chi connectivity index (χ0v) is 24.1. The third kappa shape index (κ3) is 7.15. The molecule has 1 amide bonds. The molecule has 0 radical (unpaired) electrons. The lowest BCUT2D eigenvalue weighted by Crippen LogP contribution is -2.44. The number of ether oxygens (including phenoxy) is 3. The number of likely N-dealkylation sites (tertiary alicyclic amines) is 1. The van der Waals surface area contributed by atoms with E-state index < -0.39 is 15.4 Å². The largest absolute Gasteiger partial charge is 0.490 e. The number of likely N-dealkylation sites (N-methyl/N-ethyl adjacent to an activating group) is 1. The van der Waals surface area contributed by atoms with Crippen LogP contribution in [0.15, 0.2) is 35.6 Å². The minimum atomic E-state index is -3.43. The van der Waals surface area contributed by atoms with Crippen molar-refractivity contribution >= 4 is 27.0 Å². The summed E-state index contributed by atoms with van der Waals surface area (Å²) in [6.07, 6.45) is 4.99. The van der Waals surface area contributed by atoms with Crippen molar-refractivity contribution in [1.29, 1.82) is 0 Å². The van der Waals surface area contributed by atoms with Gasteiger partial charge in [-0.1, -0.05) is 0 Å². The zero-order chi connectivity index (χ0) is 28.4. The van der Waals surface area contributed by atoms with Crippen LogP contribution in [0.4, 0.5) is 4.79 Å². The van der Waals surface area contributed by atoms with Gasteiger partial charge in [0.25, 0.3) is 0 Å². The maximum atomic E-state index is 12.4. The van der Waals surface area contributed by atoms with Crippen molar-refractivity contribution in [2.45, 2.75) is 50.2 Å². The Balaban J connectivity index is 1.55. The highest BCUT2D eigenvalue weighted by Crippen LogP contribution is 2.31. The molecular formula is C26H36N6O6S. The molecule has 0 N–H and O–H groups in total. The number of carbonyl (C=O) groups excluding carboxylic acids is 1. The van der Waals surface area contributed by atoms with E-state index in [0.29, 0.717) is 67.4 Å². The Morgan fingerprint density at radius 2 is 1.87 bits per heavy atom. The smallest absolute Gasteiger partial charge is 0.410 e. The zero-order valence-electron chi connectivity index (χ0n) is 23.2. The van der Waals surface area contributed by atoms with Crippen molar-refractivity contribution in [3.05, 3.63) is 30.7 Å². The Labute approximate surface area is 228 Å². The minimum Gasteiger partial charge on any atom is -0.490 e. The predicted octanol–water partition coefficient (Wildman–Crippen LogP) is 2.94. The first-order valence-electron chi connectivity index (χ1n) is 12.8. The monoisotopic (exact) mass is 560 g/mol. The lowest BCUT2D eigenvalue weighted by Gasteiger charge is -2.33. The topological polar surface area (TPSA) is 129 Å². The fourth-order valence-electron chi connectivity index (χ4n) is 4.09. The molecule has 12 nitrogen and oxygen atoms in total. The average molecular weight is 561 g/mol. The number of benzene rings is 1.